The fraction of sp³-hybridized carbons (Fsp3) is 0.438. The average Bonchev–Trinajstić information content (AvgIpc) is 2.83. The van der Waals surface area contributed by atoms with Gasteiger partial charge in [0.2, 0.25) is 0 Å². The summed E-state index contributed by atoms with van der Waals surface area (Å²) >= 11 is 7.67. The zero-order valence-corrected chi connectivity index (χ0v) is 13.9. The van der Waals surface area contributed by atoms with Crippen molar-refractivity contribution in [2.75, 3.05) is 0 Å². The molecule has 0 aliphatic carbocycles. The molecule has 20 heavy (non-hydrogen) atoms. The summed E-state index contributed by atoms with van der Waals surface area (Å²) < 4.78 is 0. The zero-order valence-electron chi connectivity index (χ0n) is 12.4. The van der Waals surface area contributed by atoms with E-state index in [1.165, 1.54) is 5.56 Å². The number of nitrogens with zero attached hydrogens (tertiary/aromatic N) is 1. The summed E-state index contributed by atoms with van der Waals surface area (Å²) in [5.41, 5.74) is 2.38. The minimum Gasteiger partial charge on any atom is -0.302 e. The van der Waals surface area contributed by atoms with Crippen LogP contribution in [0.15, 0.2) is 29.6 Å². The van der Waals surface area contributed by atoms with E-state index >= 15 is 0 Å². The van der Waals surface area contributed by atoms with Crippen LogP contribution in [-0.4, -0.2) is 4.98 Å². The Morgan fingerprint density at radius 1 is 1.15 bits per heavy atom. The van der Waals surface area contributed by atoms with E-state index < -0.39 is 0 Å². The summed E-state index contributed by atoms with van der Waals surface area (Å²) in [6, 6.07) is 8.63. The van der Waals surface area contributed by atoms with Gasteiger partial charge in [-0.1, -0.05) is 37.6 Å². The molecule has 1 aromatic carbocycles. The third kappa shape index (κ3) is 3.81. The van der Waals surface area contributed by atoms with Crippen LogP contribution in [0.2, 0.25) is 5.02 Å². The van der Waals surface area contributed by atoms with Crippen LogP contribution in [0.25, 0.3) is 0 Å². The number of thiazole rings is 1. The van der Waals surface area contributed by atoms with Gasteiger partial charge in [0.05, 0.1) is 10.7 Å². The Morgan fingerprint density at radius 3 is 2.30 bits per heavy atom. The Bertz CT molecular complexity index is 548. The fourth-order valence-corrected chi connectivity index (χ4v) is 3.11. The largest absolute Gasteiger partial charge is 0.302 e. The van der Waals surface area contributed by atoms with Crippen molar-refractivity contribution in [2.45, 2.75) is 39.8 Å². The number of hydrogen-bond donors (Lipinski definition) is 1. The second kappa shape index (κ2) is 6.70. The Balaban J connectivity index is 2.15. The molecule has 108 valence electrons. The number of benzene rings is 1. The molecule has 2 atom stereocenters. The normalized spacial score (nSPS) is 14.5. The van der Waals surface area contributed by atoms with Gasteiger partial charge in [0.25, 0.3) is 0 Å². The van der Waals surface area contributed by atoms with Gasteiger partial charge in [0.1, 0.15) is 0 Å². The minimum atomic E-state index is 0.239. The Morgan fingerprint density at radius 2 is 1.80 bits per heavy atom. The van der Waals surface area contributed by atoms with Crippen LogP contribution >= 0.6 is 22.9 Å². The summed E-state index contributed by atoms with van der Waals surface area (Å²) in [4.78, 5) is 4.57. The first-order chi connectivity index (χ1) is 9.47. The number of aromatic nitrogens is 1. The van der Waals surface area contributed by atoms with Gasteiger partial charge >= 0.3 is 0 Å². The fourth-order valence-electron chi connectivity index (χ4n) is 2.28. The molecule has 0 spiro atoms. The molecule has 2 unspecified atom stereocenters. The molecule has 1 aromatic heterocycles. The highest BCUT2D eigenvalue weighted by Gasteiger charge is 2.19. The van der Waals surface area contributed by atoms with E-state index in [9.17, 15) is 0 Å². The maximum absolute atomic E-state index is 5.97. The number of rotatable bonds is 5. The molecule has 0 radical (unpaired) electrons. The summed E-state index contributed by atoms with van der Waals surface area (Å²) in [5.74, 6) is 0.498. The van der Waals surface area contributed by atoms with Crippen molar-refractivity contribution in [1.82, 2.24) is 10.3 Å². The molecule has 2 rings (SSSR count). The molecule has 2 nitrogen and oxygen atoms in total. The van der Waals surface area contributed by atoms with Crippen molar-refractivity contribution in [3.63, 3.8) is 0 Å². The molecule has 0 bridgehead atoms. The van der Waals surface area contributed by atoms with E-state index in [0.29, 0.717) is 12.0 Å². The molecule has 0 fully saturated rings. The molecule has 4 heteroatoms. The maximum atomic E-state index is 5.97. The first-order valence-corrected chi connectivity index (χ1v) is 8.16. The molecule has 1 N–H and O–H groups in total. The van der Waals surface area contributed by atoms with Crippen molar-refractivity contribution < 1.29 is 0 Å². The van der Waals surface area contributed by atoms with Gasteiger partial charge in [-0.05, 0) is 37.5 Å². The van der Waals surface area contributed by atoms with Crippen LogP contribution in [0.1, 0.15) is 49.1 Å². The maximum Gasteiger partial charge on any atom is 0.0898 e. The lowest BCUT2D eigenvalue weighted by Crippen LogP contribution is -2.28. The summed E-state index contributed by atoms with van der Waals surface area (Å²) in [6.07, 6.45) is 0. The van der Waals surface area contributed by atoms with Crippen LogP contribution in [0.3, 0.4) is 0 Å². The van der Waals surface area contributed by atoms with Crippen molar-refractivity contribution in [1.29, 1.82) is 0 Å². The molecule has 0 saturated heterocycles. The van der Waals surface area contributed by atoms with Crippen LogP contribution in [0.5, 0.6) is 0 Å². The van der Waals surface area contributed by atoms with Gasteiger partial charge in [-0.25, -0.2) is 4.98 Å². The molecule has 0 saturated carbocycles. The van der Waals surface area contributed by atoms with Gasteiger partial charge in [0, 0.05) is 22.5 Å². The summed E-state index contributed by atoms with van der Waals surface area (Å²) in [7, 11) is 0. The highest BCUT2D eigenvalue weighted by atomic mass is 35.5. The van der Waals surface area contributed by atoms with Crippen molar-refractivity contribution in [3.05, 3.63) is 50.9 Å². The number of aryl methyl sites for hydroxylation is 1. The quantitative estimate of drug-likeness (QED) is 0.826. The Labute approximate surface area is 130 Å². The van der Waals surface area contributed by atoms with E-state index in [-0.39, 0.29) is 6.04 Å². The Kier molecular flexibility index (Phi) is 5.19. The molecule has 0 aliphatic heterocycles. The lowest BCUT2D eigenvalue weighted by atomic mass is 9.95. The third-order valence-electron chi connectivity index (χ3n) is 3.41. The topological polar surface area (TPSA) is 24.9 Å². The monoisotopic (exact) mass is 308 g/mol. The highest BCUT2D eigenvalue weighted by molar-refractivity contribution is 7.09. The van der Waals surface area contributed by atoms with E-state index in [4.69, 9.17) is 11.6 Å². The molecule has 2 aromatic rings. The second-order valence-electron chi connectivity index (χ2n) is 5.45. The van der Waals surface area contributed by atoms with Gasteiger partial charge in [-0.3, -0.25) is 0 Å². The average molecular weight is 309 g/mol. The minimum absolute atomic E-state index is 0.239. The van der Waals surface area contributed by atoms with Crippen LogP contribution in [0, 0.1) is 12.8 Å². The van der Waals surface area contributed by atoms with Crippen molar-refractivity contribution >= 4 is 22.9 Å². The summed E-state index contributed by atoms with van der Waals surface area (Å²) in [5, 5.41) is 7.70. The van der Waals surface area contributed by atoms with E-state index in [1.807, 2.05) is 19.1 Å². The standard InChI is InChI=1S/C16H21ClN2S/c1-10(2)16(13-5-7-14(17)8-6-13)18-11(3)15-9-20-12(4)19-15/h5-11,16,18H,1-4H3. The lowest BCUT2D eigenvalue weighted by molar-refractivity contribution is 0.371. The van der Waals surface area contributed by atoms with Crippen LogP contribution in [0.4, 0.5) is 0 Å². The molecule has 0 amide bonds. The molecular formula is C16H21ClN2S. The third-order valence-corrected chi connectivity index (χ3v) is 4.45. The van der Waals surface area contributed by atoms with Crippen LogP contribution in [-0.2, 0) is 0 Å². The van der Waals surface area contributed by atoms with Crippen LogP contribution < -0.4 is 5.32 Å². The SMILES string of the molecule is Cc1nc(C(C)NC(c2ccc(Cl)cc2)C(C)C)cs1. The zero-order chi connectivity index (χ0) is 14.7. The highest BCUT2D eigenvalue weighted by Crippen LogP contribution is 2.27. The van der Waals surface area contributed by atoms with E-state index in [1.54, 1.807) is 11.3 Å². The first-order valence-electron chi connectivity index (χ1n) is 6.91. The second-order valence-corrected chi connectivity index (χ2v) is 6.95. The predicted molar refractivity (Wildman–Crippen MR) is 87.4 cm³/mol. The smallest absolute Gasteiger partial charge is 0.0898 e. The van der Waals surface area contributed by atoms with Crippen molar-refractivity contribution in [3.8, 4) is 0 Å². The van der Waals surface area contributed by atoms with Crippen molar-refractivity contribution in [2.24, 2.45) is 5.92 Å². The van der Waals surface area contributed by atoms with Gasteiger partial charge in [0.15, 0.2) is 0 Å². The molecule has 0 aliphatic rings. The summed E-state index contributed by atoms with van der Waals surface area (Å²) in [6.45, 7) is 8.66. The first kappa shape index (κ1) is 15.5. The van der Waals surface area contributed by atoms with Gasteiger partial charge in [-0.15, -0.1) is 11.3 Å². The predicted octanol–water partition coefficient (Wildman–Crippen LogP) is 5.15. The molecular weight excluding hydrogens is 288 g/mol. The number of nitrogens with one attached hydrogen (secondary N) is 1. The number of hydrogen-bond acceptors (Lipinski definition) is 3. The Hall–Kier alpha value is -0.900. The molecule has 1 heterocycles. The number of halogens is 1. The van der Waals surface area contributed by atoms with E-state index in [0.717, 1.165) is 15.7 Å². The lowest BCUT2D eigenvalue weighted by Gasteiger charge is -2.26. The van der Waals surface area contributed by atoms with Gasteiger partial charge in [-0.2, -0.15) is 0 Å². The van der Waals surface area contributed by atoms with Gasteiger partial charge < -0.3 is 5.32 Å². The van der Waals surface area contributed by atoms with E-state index in [2.05, 4.69) is 48.6 Å².